The molecule has 4 rings (SSSR count). The Labute approximate surface area is 177 Å². The molecule has 6 heteroatoms. The first-order chi connectivity index (χ1) is 14.0. The summed E-state index contributed by atoms with van der Waals surface area (Å²) in [5, 5.41) is 2.92. The van der Waals surface area contributed by atoms with Crippen molar-refractivity contribution in [3.05, 3.63) is 75.2 Å². The van der Waals surface area contributed by atoms with Crippen LogP contribution in [0.3, 0.4) is 0 Å². The minimum atomic E-state index is -0.367. The van der Waals surface area contributed by atoms with Gasteiger partial charge in [0.25, 0.3) is 0 Å². The Kier molecular flexibility index (Phi) is 5.54. The average molecular weight is 458 g/mol. The van der Waals surface area contributed by atoms with Crippen LogP contribution in [0.25, 0.3) is 0 Å². The Morgan fingerprint density at radius 2 is 1.79 bits per heavy atom. The molecule has 0 fully saturated rings. The number of halogens is 2. The van der Waals surface area contributed by atoms with Crippen LogP contribution < -0.4 is 10.1 Å². The summed E-state index contributed by atoms with van der Waals surface area (Å²) in [6.45, 7) is 2.54. The maximum atomic E-state index is 13.7. The molecule has 0 spiro atoms. The van der Waals surface area contributed by atoms with Crippen molar-refractivity contribution in [2.45, 2.75) is 38.0 Å². The molecule has 29 heavy (non-hydrogen) atoms. The Hall–Kier alpha value is -2.47. The molecule has 2 unspecified atom stereocenters. The van der Waals surface area contributed by atoms with Gasteiger partial charge in [-0.25, -0.2) is 4.39 Å². The van der Waals surface area contributed by atoms with Crippen LogP contribution in [0.15, 0.2) is 58.2 Å². The number of benzene rings is 2. The molecule has 0 aromatic heterocycles. The maximum absolute atomic E-state index is 13.7. The van der Waals surface area contributed by atoms with Crippen molar-refractivity contribution in [3.8, 4) is 5.75 Å². The lowest BCUT2D eigenvalue weighted by molar-refractivity contribution is -0.122. The number of rotatable bonds is 4. The monoisotopic (exact) mass is 457 g/mol. The molecule has 0 saturated heterocycles. The van der Waals surface area contributed by atoms with Gasteiger partial charge in [0, 0.05) is 30.0 Å². The number of carbonyl (C=O) groups is 2. The van der Waals surface area contributed by atoms with Crippen LogP contribution in [0.4, 0.5) is 4.39 Å². The average Bonchev–Trinajstić information content (AvgIpc) is 2.70. The fourth-order valence-electron chi connectivity index (χ4n) is 4.21. The third kappa shape index (κ3) is 3.99. The predicted octanol–water partition coefficient (Wildman–Crippen LogP) is 4.99. The molecule has 2 atom stereocenters. The molecule has 2 aliphatic rings. The van der Waals surface area contributed by atoms with E-state index in [0.717, 1.165) is 16.9 Å². The van der Waals surface area contributed by atoms with Gasteiger partial charge in [0.05, 0.1) is 11.1 Å². The van der Waals surface area contributed by atoms with Crippen LogP contribution in [-0.2, 0) is 9.59 Å². The molecule has 1 aliphatic heterocycles. The number of carbonyl (C=O) groups excluding carboxylic acids is 2. The molecule has 1 heterocycles. The van der Waals surface area contributed by atoms with Gasteiger partial charge in [-0.1, -0.05) is 18.2 Å². The first kappa shape index (κ1) is 19.8. The van der Waals surface area contributed by atoms with E-state index in [-0.39, 0.29) is 35.8 Å². The number of amides is 1. The summed E-state index contributed by atoms with van der Waals surface area (Å²) < 4.78 is 19.5. The highest BCUT2D eigenvalue weighted by atomic mass is 79.9. The minimum Gasteiger partial charge on any atom is -0.494 e. The van der Waals surface area contributed by atoms with Crippen molar-refractivity contribution in [1.82, 2.24) is 5.32 Å². The summed E-state index contributed by atoms with van der Waals surface area (Å²) in [5.74, 6) is 0.0187. The molecule has 0 radical (unpaired) electrons. The van der Waals surface area contributed by atoms with Gasteiger partial charge in [-0.05, 0) is 70.6 Å². The lowest BCUT2D eigenvalue weighted by atomic mass is 9.73. The fraction of sp³-hybridized carbons (Fsp3) is 0.304. The summed E-state index contributed by atoms with van der Waals surface area (Å²) in [5.41, 5.74) is 3.18. The Morgan fingerprint density at radius 1 is 1.07 bits per heavy atom. The third-order valence-corrected chi connectivity index (χ3v) is 6.15. The molecule has 2 aromatic rings. The Bertz CT molecular complexity index is 1000. The van der Waals surface area contributed by atoms with Crippen molar-refractivity contribution in [2.75, 3.05) is 6.61 Å². The number of hydrogen-bond donors (Lipinski definition) is 1. The first-order valence-corrected chi connectivity index (χ1v) is 10.5. The van der Waals surface area contributed by atoms with E-state index in [2.05, 4.69) is 21.2 Å². The van der Waals surface area contributed by atoms with Crippen LogP contribution in [0.2, 0.25) is 0 Å². The van der Waals surface area contributed by atoms with Gasteiger partial charge in [0.2, 0.25) is 5.91 Å². The second kappa shape index (κ2) is 8.11. The fourth-order valence-corrected chi connectivity index (χ4v) is 4.61. The van der Waals surface area contributed by atoms with E-state index in [9.17, 15) is 14.0 Å². The van der Waals surface area contributed by atoms with Crippen molar-refractivity contribution in [1.29, 1.82) is 0 Å². The zero-order valence-electron chi connectivity index (χ0n) is 16.0. The number of nitrogens with one attached hydrogen (secondary N) is 1. The second-order valence-corrected chi connectivity index (χ2v) is 8.26. The maximum Gasteiger partial charge on any atom is 0.225 e. The molecule has 150 valence electrons. The van der Waals surface area contributed by atoms with Gasteiger partial charge in [0.1, 0.15) is 11.6 Å². The molecule has 0 bridgehead atoms. The van der Waals surface area contributed by atoms with E-state index in [1.807, 2.05) is 31.2 Å². The largest absolute Gasteiger partial charge is 0.494 e. The normalized spacial score (nSPS) is 21.6. The molecular weight excluding hydrogens is 437 g/mol. The van der Waals surface area contributed by atoms with Gasteiger partial charge in [-0.3, -0.25) is 9.59 Å². The standard InChI is InChI=1S/C23H21BrFNO3/c1-2-29-16-6-3-13(4-7-16)15-10-20-23(21(27)11-15)17(12-22(28)26-20)14-5-8-19(25)18(24)9-14/h3-9,15,17H,2,10-12H2,1H3,(H,26,28). The van der Waals surface area contributed by atoms with E-state index in [1.54, 1.807) is 12.1 Å². The second-order valence-electron chi connectivity index (χ2n) is 7.40. The predicted molar refractivity (Wildman–Crippen MR) is 111 cm³/mol. The molecule has 1 N–H and O–H groups in total. The summed E-state index contributed by atoms with van der Waals surface area (Å²) >= 11 is 3.20. The quantitative estimate of drug-likeness (QED) is 0.703. The number of ketones is 1. The number of hydrogen-bond acceptors (Lipinski definition) is 3. The number of ether oxygens (including phenoxy) is 1. The lowest BCUT2D eigenvalue weighted by Crippen LogP contribution is -2.38. The van der Waals surface area contributed by atoms with Crippen LogP contribution in [-0.4, -0.2) is 18.3 Å². The van der Waals surface area contributed by atoms with Crippen molar-refractivity contribution < 1.29 is 18.7 Å². The molecule has 4 nitrogen and oxygen atoms in total. The summed E-state index contributed by atoms with van der Waals surface area (Å²) in [4.78, 5) is 25.5. The summed E-state index contributed by atoms with van der Waals surface area (Å²) in [7, 11) is 0. The third-order valence-electron chi connectivity index (χ3n) is 5.54. The van der Waals surface area contributed by atoms with Crippen molar-refractivity contribution >= 4 is 27.6 Å². The number of allylic oxidation sites excluding steroid dienone is 2. The highest BCUT2D eigenvalue weighted by molar-refractivity contribution is 9.10. The zero-order valence-corrected chi connectivity index (χ0v) is 17.6. The van der Waals surface area contributed by atoms with E-state index in [4.69, 9.17) is 4.74 Å². The zero-order chi connectivity index (χ0) is 20.5. The van der Waals surface area contributed by atoms with Gasteiger partial charge < -0.3 is 10.1 Å². The van der Waals surface area contributed by atoms with Crippen LogP contribution in [0, 0.1) is 5.82 Å². The molecule has 2 aromatic carbocycles. The van der Waals surface area contributed by atoms with E-state index in [1.165, 1.54) is 6.07 Å². The van der Waals surface area contributed by atoms with E-state index in [0.29, 0.717) is 35.2 Å². The highest BCUT2D eigenvalue weighted by Crippen LogP contribution is 2.43. The van der Waals surface area contributed by atoms with Crippen LogP contribution in [0.1, 0.15) is 49.1 Å². The molecule has 1 amide bonds. The lowest BCUT2D eigenvalue weighted by Gasteiger charge is -2.34. The van der Waals surface area contributed by atoms with E-state index < -0.39 is 0 Å². The Morgan fingerprint density at radius 3 is 2.48 bits per heavy atom. The SMILES string of the molecule is CCOc1ccc(C2CC(=O)C3=C(C2)NC(=O)CC3c2ccc(F)c(Br)c2)cc1. The van der Waals surface area contributed by atoms with Gasteiger partial charge >= 0.3 is 0 Å². The molecular formula is C23H21BrFNO3. The van der Waals surface area contributed by atoms with Gasteiger partial charge in [0.15, 0.2) is 5.78 Å². The van der Waals surface area contributed by atoms with Gasteiger partial charge in [-0.15, -0.1) is 0 Å². The minimum absolute atomic E-state index is 0.0101. The smallest absolute Gasteiger partial charge is 0.225 e. The first-order valence-electron chi connectivity index (χ1n) is 9.70. The molecule has 0 saturated carbocycles. The van der Waals surface area contributed by atoms with Gasteiger partial charge in [-0.2, -0.15) is 0 Å². The van der Waals surface area contributed by atoms with Crippen molar-refractivity contribution in [3.63, 3.8) is 0 Å². The van der Waals surface area contributed by atoms with Crippen molar-refractivity contribution in [2.24, 2.45) is 0 Å². The Balaban J connectivity index is 1.65. The van der Waals surface area contributed by atoms with Crippen LogP contribution in [0.5, 0.6) is 5.75 Å². The topological polar surface area (TPSA) is 55.4 Å². The summed E-state index contributed by atoms with van der Waals surface area (Å²) in [6.07, 6.45) is 1.18. The van der Waals surface area contributed by atoms with Crippen LogP contribution >= 0.6 is 15.9 Å². The highest BCUT2D eigenvalue weighted by Gasteiger charge is 2.38. The summed E-state index contributed by atoms with van der Waals surface area (Å²) in [6, 6.07) is 12.5. The van der Waals surface area contributed by atoms with E-state index >= 15 is 0 Å². The number of Topliss-reactive ketones (excluding diaryl/α,β-unsaturated/α-hetero) is 1. The molecule has 1 aliphatic carbocycles.